The molecule has 1 unspecified atom stereocenters. The fraction of sp³-hybridized carbons (Fsp3) is 0.333. The number of carbonyl (C=O) groups is 2. The van der Waals surface area contributed by atoms with Gasteiger partial charge >= 0.3 is 0 Å². The molecule has 2 aromatic carbocycles. The number of rotatable bonds is 6. The number of nitrogens with zero attached hydrogens (tertiary/aromatic N) is 1. The van der Waals surface area contributed by atoms with Crippen LogP contribution in [0.25, 0.3) is 0 Å². The maximum absolute atomic E-state index is 12.6. The monoisotopic (exact) mass is 352 g/mol. The van der Waals surface area contributed by atoms with Crippen molar-refractivity contribution < 1.29 is 14.3 Å². The first-order valence-corrected chi connectivity index (χ1v) is 8.92. The Kier molecular flexibility index (Phi) is 6.15. The molecule has 0 aromatic heterocycles. The summed E-state index contributed by atoms with van der Waals surface area (Å²) in [6.07, 6.45) is 0. The largest absolute Gasteiger partial charge is 0.379 e. The van der Waals surface area contributed by atoms with Gasteiger partial charge in [-0.25, -0.2) is 0 Å². The van der Waals surface area contributed by atoms with Crippen LogP contribution in [-0.2, 0) is 9.53 Å². The second kappa shape index (κ2) is 8.74. The molecular formula is C21H24N2O3. The number of hydrogen-bond acceptors (Lipinski definition) is 4. The third kappa shape index (κ3) is 4.56. The van der Waals surface area contributed by atoms with E-state index in [0.717, 1.165) is 18.7 Å². The minimum absolute atomic E-state index is 0.0339. The van der Waals surface area contributed by atoms with Crippen LogP contribution in [0.15, 0.2) is 54.6 Å². The molecule has 3 rings (SSSR count). The number of benzene rings is 2. The summed E-state index contributed by atoms with van der Waals surface area (Å²) < 4.78 is 5.31. The third-order valence-corrected chi connectivity index (χ3v) is 4.66. The summed E-state index contributed by atoms with van der Waals surface area (Å²) in [5.41, 5.74) is 2.09. The topological polar surface area (TPSA) is 58.6 Å². The molecule has 1 atom stereocenters. The average molecular weight is 352 g/mol. The van der Waals surface area contributed by atoms with Gasteiger partial charge < -0.3 is 10.1 Å². The SMILES string of the molecule is CC(C(=O)NCN1CCOCC1)c1cccc(C(=O)c2ccccc2)c1. The maximum Gasteiger partial charge on any atom is 0.228 e. The van der Waals surface area contributed by atoms with Crippen molar-refractivity contribution in [3.63, 3.8) is 0 Å². The van der Waals surface area contributed by atoms with Gasteiger partial charge in [0.2, 0.25) is 5.91 Å². The molecule has 5 heteroatoms. The summed E-state index contributed by atoms with van der Waals surface area (Å²) in [6, 6.07) is 16.5. The van der Waals surface area contributed by atoms with E-state index in [4.69, 9.17) is 4.74 Å². The van der Waals surface area contributed by atoms with Gasteiger partial charge in [-0.2, -0.15) is 0 Å². The average Bonchev–Trinajstić information content (AvgIpc) is 2.72. The molecule has 1 N–H and O–H groups in total. The van der Waals surface area contributed by atoms with Crippen LogP contribution in [0.2, 0.25) is 0 Å². The lowest BCUT2D eigenvalue weighted by atomic mass is 9.95. The molecule has 1 saturated heterocycles. The summed E-state index contributed by atoms with van der Waals surface area (Å²) in [7, 11) is 0. The summed E-state index contributed by atoms with van der Waals surface area (Å²) in [5, 5.41) is 2.98. The van der Waals surface area contributed by atoms with Crippen LogP contribution in [0.1, 0.15) is 34.3 Å². The summed E-state index contributed by atoms with van der Waals surface area (Å²) in [4.78, 5) is 27.2. The van der Waals surface area contributed by atoms with Crippen molar-refractivity contribution in [2.24, 2.45) is 0 Å². The molecule has 136 valence electrons. The normalized spacial score (nSPS) is 16.0. The number of carbonyl (C=O) groups excluding carboxylic acids is 2. The lowest BCUT2D eigenvalue weighted by Gasteiger charge is -2.27. The van der Waals surface area contributed by atoms with Gasteiger partial charge in [0.1, 0.15) is 0 Å². The van der Waals surface area contributed by atoms with Crippen LogP contribution in [0, 0.1) is 0 Å². The summed E-state index contributed by atoms with van der Waals surface area (Å²) >= 11 is 0. The molecule has 5 nitrogen and oxygen atoms in total. The van der Waals surface area contributed by atoms with Crippen LogP contribution in [0.4, 0.5) is 0 Å². The molecule has 1 fully saturated rings. The Morgan fingerprint density at radius 3 is 2.46 bits per heavy atom. The van der Waals surface area contributed by atoms with E-state index in [9.17, 15) is 9.59 Å². The van der Waals surface area contributed by atoms with E-state index in [0.29, 0.717) is 31.0 Å². The number of hydrogen-bond donors (Lipinski definition) is 1. The van der Waals surface area contributed by atoms with Gasteiger partial charge in [-0.3, -0.25) is 14.5 Å². The first-order chi connectivity index (χ1) is 12.6. The number of nitrogens with one attached hydrogen (secondary N) is 1. The highest BCUT2D eigenvalue weighted by Gasteiger charge is 2.18. The van der Waals surface area contributed by atoms with Gasteiger partial charge in [-0.15, -0.1) is 0 Å². The van der Waals surface area contributed by atoms with E-state index in [-0.39, 0.29) is 17.6 Å². The molecule has 1 amide bonds. The number of morpholine rings is 1. The summed E-state index contributed by atoms with van der Waals surface area (Å²) in [5.74, 6) is -0.395. The first-order valence-electron chi connectivity index (χ1n) is 8.92. The number of ketones is 1. The Balaban J connectivity index is 1.64. The quantitative estimate of drug-likeness (QED) is 0.811. The maximum atomic E-state index is 12.6. The Labute approximate surface area is 154 Å². The van der Waals surface area contributed by atoms with Gasteiger partial charge in [-0.1, -0.05) is 48.5 Å². The standard InChI is InChI=1S/C21H24N2O3/c1-16(21(25)22-15-23-10-12-26-13-11-23)18-8-5-9-19(14-18)20(24)17-6-3-2-4-7-17/h2-9,14,16H,10-13,15H2,1H3,(H,22,25). The van der Waals surface area contributed by atoms with Crippen molar-refractivity contribution in [2.75, 3.05) is 33.0 Å². The molecule has 0 bridgehead atoms. The van der Waals surface area contributed by atoms with E-state index in [1.807, 2.05) is 43.3 Å². The predicted octanol–water partition coefficient (Wildman–Crippen LogP) is 2.43. The van der Waals surface area contributed by atoms with Gasteiger partial charge in [-0.05, 0) is 18.6 Å². The van der Waals surface area contributed by atoms with Crippen LogP contribution >= 0.6 is 0 Å². The second-order valence-corrected chi connectivity index (χ2v) is 6.47. The Hall–Kier alpha value is -2.50. The van der Waals surface area contributed by atoms with Crippen LogP contribution in [0.5, 0.6) is 0 Å². The van der Waals surface area contributed by atoms with Crippen molar-refractivity contribution >= 4 is 11.7 Å². The molecular weight excluding hydrogens is 328 g/mol. The molecule has 0 radical (unpaired) electrons. The molecule has 0 saturated carbocycles. The zero-order valence-corrected chi connectivity index (χ0v) is 15.0. The van der Waals surface area contributed by atoms with Gasteiger partial charge in [0.05, 0.1) is 25.8 Å². The van der Waals surface area contributed by atoms with Crippen molar-refractivity contribution in [1.82, 2.24) is 10.2 Å². The smallest absolute Gasteiger partial charge is 0.228 e. The number of amides is 1. The van der Waals surface area contributed by atoms with E-state index in [1.54, 1.807) is 18.2 Å². The van der Waals surface area contributed by atoms with E-state index in [1.165, 1.54) is 0 Å². The van der Waals surface area contributed by atoms with Crippen LogP contribution in [0.3, 0.4) is 0 Å². The summed E-state index contributed by atoms with van der Waals surface area (Å²) in [6.45, 7) is 5.45. The zero-order chi connectivity index (χ0) is 18.4. The minimum Gasteiger partial charge on any atom is -0.379 e. The fourth-order valence-corrected chi connectivity index (χ4v) is 2.96. The van der Waals surface area contributed by atoms with Crippen molar-refractivity contribution in [3.05, 3.63) is 71.3 Å². The van der Waals surface area contributed by atoms with Crippen LogP contribution in [-0.4, -0.2) is 49.6 Å². The highest BCUT2D eigenvalue weighted by molar-refractivity contribution is 6.09. The van der Waals surface area contributed by atoms with E-state index in [2.05, 4.69) is 10.2 Å². The van der Waals surface area contributed by atoms with Gasteiger partial charge in [0.25, 0.3) is 0 Å². The molecule has 0 spiro atoms. The zero-order valence-electron chi connectivity index (χ0n) is 15.0. The Bertz CT molecular complexity index is 755. The van der Waals surface area contributed by atoms with Crippen molar-refractivity contribution in [2.45, 2.75) is 12.8 Å². The highest BCUT2D eigenvalue weighted by atomic mass is 16.5. The molecule has 1 aliphatic heterocycles. The van der Waals surface area contributed by atoms with Crippen molar-refractivity contribution in [1.29, 1.82) is 0 Å². The molecule has 1 aliphatic rings. The molecule has 0 aliphatic carbocycles. The molecule has 2 aromatic rings. The number of ether oxygens (including phenoxy) is 1. The van der Waals surface area contributed by atoms with E-state index >= 15 is 0 Å². The highest BCUT2D eigenvalue weighted by Crippen LogP contribution is 2.19. The van der Waals surface area contributed by atoms with Crippen LogP contribution < -0.4 is 5.32 Å². The van der Waals surface area contributed by atoms with Gasteiger partial charge in [0, 0.05) is 24.2 Å². The first kappa shape index (κ1) is 18.3. The fourth-order valence-electron chi connectivity index (χ4n) is 2.96. The lowest BCUT2D eigenvalue weighted by Crippen LogP contribution is -2.44. The molecule has 1 heterocycles. The predicted molar refractivity (Wildman–Crippen MR) is 100 cm³/mol. The van der Waals surface area contributed by atoms with Gasteiger partial charge in [0.15, 0.2) is 5.78 Å². The third-order valence-electron chi connectivity index (χ3n) is 4.66. The lowest BCUT2D eigenvalue weighted by molar-refractivity contribution is -0.123. The Morgan fingerprint density at radius 1 is 1.04 bits per heavy atom. The minimum atomic E-state index is -0.320. The van der Waals surface area contributed by atoms with Crippen molar-refractivity contribution in [3.8, 4) is 0 Å². The Morgan fingerprint density at radius 2 is 1.73 bits per heavy atom. The van der Waals surface area contributed by atoms with E-state index < -0.39 is 0 Å². The molecule has 26 heavy (non-hydrogen) atoms. The second-order valence-electron chi connectivity index (χ2n) is 6.47.